The third-order valence-electron chi connectivity index (χ3n) is 0.670. The number of carbonyl (C=O) groups excluding carboxylic acids is 1. The summed E-state index contributed by atoms with van der Waals surface area (Å²) in [5, 5.41) is 10.0. The van der Waals surface area contributed by atoms with Crippen molar-refractivity contribution in [3.05, 3.63) is 0 Å². The van der Waals surface area contributed by atoms with Crippen LogP contribution in [0.3, 0.4) is 0 Å². The van der Waals surface area contributed by atoms with Crippen molar-refractivity contribution in [1.82, 2.24) is 4.90 Å². The first-order chi connectivity index (χ1) is 4.09. The highest BCUT2D eigenvalue weighted by Crippen LogP contribution is 1.88. The number of amides is 1. The molecule has 0 radical (unpaired) electrons. The largest absolute Gasteiger partial charge is 0.409 e. The predicted octanol–water partition coefficient (Wildman–Crippen LogP) is 0.101. The average Bonchev–Trinajstić information content (AvgIpc) is 1.84. The van der Waals surface area contributed by atoms with Gasteiger partial charge in [0.25, 0.3) is 5.91 Å². The van der Waals surface area contributed by atoms with Crippen molar-refractivity contribution in [2.24, 2.45) is 5.16 Å². The number of oxime groups is 1. The number of hydrogen-bond acceptors (Lipinski definition) is 3. The first-order valence-corrected chi connectivity index (χ1v) is 2.56. The van der Waals surface area contributed by atoms with Crippen molar-refractivity contribution in [1.29, 1.82) is 0 Å². The zero-order valence-corrected chi connectivity index (χ0v) is 5.88. The Morgan fingerprint density at radius 2 is 2.11 bits per heavy atom. The maximum Gasteiger partial charge on any atom is 0.287 e. The SMILES string of the molecule is CN(C)C(=O)/C(Cl)=N\O. The fraction of sp³-hybridized carbons (Fsp3) is 0.500. The topological polar surface area (TPSA) is 52.9 Å². The third kappa shape index (κ3) is 2.32. The Hall–Kier alpha value is -0.770. The van der Waals surface area contributed by atoms with Crippen molar-refractivity contribution in [3.63, 3.8) is 0 Å². The molecule has 0 unspecified atom stereocenters. The van der Waals surface area contributed by atoms with Gasteiger partial charge in [0.15, 0.2) is 0 Å². The van der Waals surface area contributed by atoms with E-state index in [0.717, 1.165) is 0 Å². The van der Waals surface area contributed by atoms with Gasteiger partial charge in [-0.1, -0.05) is 16.8 Å². The van der Waals surface area contributed by atoms with Crippen LogP contribution in [-0.2, 0) is 4.79 Å². The molecule has 0 atom stereocenters. The van der Waals surface area contributed by atoms with E-state index in [-0.39, 0.29) is 0 Å². The molecule has 4 nitrogen and oxygen atoms in total. The predicted molar refractivity (Wildman–Crippen MR) is 33.8 cm³/mol. The highest BCUT2D eigenvalue weighted by atomic mass is 35.5. The quantitative estimate of drug-likeness (QED) is 0.328. The lowest BCUT2D eigenvalue weighted by Gasteiger charge is -2.05. The molecule has 0 aliphatic carbocycles. The first-order valence-electron chi connectivity index (χ1n) is 2.18. The number of rotatable bonds is 1. The zero-order valence-electron chi connectivity index (χ0n) is 5.13. The van der Waals surface area contributed by atoms with E-state index in [9.17, 15) is 4.79 Å². The van der Waals surface area contributed by atoms with Crippen molar-refractivity contribution in [2.75, 3.05) is 14.1 Å². The van der Waals surface area contributed by atoms with Crippen LogP contribution in [-0.4, -0.2) is 35.3 Å². The normalized spacial score (nSPS) is 11.2. The van der Waals surface area contributed by atoms with E-state index >= 15 is 0 Å². The number of hydrogen-bond donors (Lipinski definition) is 1. The molecule has 0 saturated carbocycles. The minimum absolute atomic E-state index is 0.431. The first kappa shape index (κ1) is 8.23. The Morgan fingerprint density at radius 1 is 1.67 bits per heavy atom. The summed E-state index contributed by atoms with van der Waals surface area (Å²) >= 11 is 5.12. The van der Waals surface area contributed by atoms with E-state index in [1.807, 2.05) is 0 Å². The minimum Gasteiger partial charge on any atom is -0.409 e. The van der Waals surface area contributed by atoms with Crippen LogP contribution in [0, 0.1) is 0 Å². The fourth-order valence-corrected chi connectivity index (χ4v) is 0.396. The summed E-state index contributed by atoms with van der Waals surface area (Å²) in [5.74, 6) is -0.515. The molecule has 5 heteroatoms. The van der Waals surface area contributed by atoms with Gasteiger partial charge >= 0.3 is 0 Å². The van der Waals surface area contributed by atoms with E-state index in [2.05, 4.69) is 5.16 Å². The molecule has 0 heterocycles. The summed E-state index contributed by atoms with van der Waals surface area (Å²) in [6, 6.07) is 0. The molecule has 0 saturated heterocycles. The number of carbonyl (C=O) groups is 1. The smallest absolute Gasteiger partial charge is 0.287 e. The van der Waals surface area contributed by atoms with Crippen LogP contribution in [0.4, 0.5) is 0 Å². The van der Waals surface area contributed by atoms with Gasteiger partial charge in [0.2, 0.25) is 5.17 Å². The van der Waals surface area contributed by atoms with Gasteiger partial charge < -0.3 is 10.1 Å². The van der Waals surface area contributed by atoms with E-state index in [4.69, 9.17) is 16.8 Å². The molecule has 0 aromatic rings. The third-order valence-corrected chi connectivity index (χ3v) is 0.908. The van der Waals surface area contributed by atoms with E-state index in [0.29, 0.717) is 0 Å². The van der Waals surface area contributed by atoms with Crippen LogP contribution < -0.4 is 0 Å². The molecule has 1 N–H and O–H groups in total. The van der Waals surface area contributed by atoms with Crippen molar-refractivity contribution in [3.8, 4) is 0 Å². The molecule has 9 heavy (non-hydrogen) atoms. The van der Waals surface area contributed by atoms with Crippen LogP contribution in [0.2, 0.25) is 0 Å². The zero-order chi connectivity index (χ0) is 7.44. The second-order valence-corrected chi connectivity index (χ2v) is 1.95. The summed E-state index contributed by atoms with van der Waals surface area (Å²) in [7, 11) is 3.02. The summed E-state index contributed by atoms with van der Waals surface area (Å²) in [6.45, 7) is 0. The van der Waals surface area contributed by atoms with Crippen LogP contribution in [0.25, 0.3) is 0 Å². The maximum absolute atomic E-state index is 10.6. The molecule has 0 rings (SSSR count). The van der Waals surface area contributed by atoms with Gasteiger partial charge in [-0.15, -0.1) is 0 Å². The van der Waals surface area contributed by atoms with Crippen molar-refractivity contribution >= 4 is 22.7 Å². The van der Waals surface area contributed by atoms with Crippen LogP contribution >= 0.6 is 11.6 Å². The second kappa shape index (κ2) is 3.29. The monoisotopic (exact) mass is 150 g/mol. The van der Waals surface area contributed by atoms with Gasteiger partial charge in [0.1, 0.15) is 0 Å². The summed E-state index contributed by atoms with van der Waals surface area (Å²) in [5.41, 5.74) is 0. The Kier molecular flexibility index (Phi) is 3.01. The van der Waals surface area contributed by atoms with Crippen LogP contribution in [0.15, 0.2) is 5.16 Å². The van der Waals surface area contributed by atoms with Gasteiger partial charge in [-0.2, -0.15) is 0 Å². The molecule has 0 fully saturated rings. The molecule has 0 aliphatic heterocycles. The minimum atomic E-state index is -0.515. The van der Waals surface area contributed by atoms with Crippen LogP contribution in [0.5, 0.6) is 0 Å². The molecular weight excluding hydrogens is 144 g/mol. The highest BCUT2D eigenvalue weighted by Gasteiger charge is 2.09. The summed E-state index contributed by atoms with van der Waals surface area (Å²) in [6.07, 6.45) is 0. The lowest BCUT2D eigenvalue weighted by atomic mass is 10.6. The Balaban J connectivity index is 4.06. The number of halogens is 1. The fourth-order valence-electron chi connectivity index (χ4n) is 0.227. The second-order valence-electron chi connectivity index (χ2n) is 1.59. The van der Waals surface area contributed by atoms with Crippen molar-refractivity contribution in [2.45, 2.75) is 0 Å². The van der Waals surface area contributed by atoms with E-state index < -0.39 is 11.1 Å². The van der Waals surface area contributed by atoms with Crippen molar-refractivity contribution < 1.29 is 10.0 Å². The molecule has 0 aromatic carbocycles. The number of nitrogens with zero attached hydrogens (tertiary/aromatic N) is 2. The van der Waals surface area contributed by atoms with E-state index in [1.165, 1.54) is 19.0 Å². The molecule has 0 bridgehead atoms. The van der Waals surface area contributed by atoms with Gasteiger partial charge in [-0.05, 0) is 0 Å². The molecular formula is C4H7ClN2O2. The average molecular weight is 151 g/mol. The Bertz CT molecular complexity index is 144. The Labute approximate surface area is 57.7 Å². The van der Waals surface area contributed by atoms with Gasteiger partial charge in [-0.3, -0.25) is 4.79 Å². The maximum atomic E-state index is 10.6. The van der Waals surface area contributed by atoms with Gasteiger partial charge in [0.05, 0.1) is 0 Å². The molecule has 52 valence electrons. The lowest BCUT2D eigenvalue weighted by Crippen LogP contribution is -2.26. The van der Waals surface area contributed by atoms with Crippen LogP contribution in [0.1, 0.15) is 0 Å². The Morgan fingerprint density at radius 3 is 2.22 bits per heavy atom. The molecule has 1 amide bonds. The standard InChI is InChI=1S/C4H7ClN2O2/c1-7(2)4(8)3(5)6-9/h9H,1-2H3/b6-3+. The molecule has 0 aliphatic rings. The lowest BCUT2D eigenvalue weighted by molar-refractivity contribution is -0.121. The summed E-state index contributed by atoms with van der Waals surface area (Å²) < 4.78 is 0. The van der Waals surface area contributed by atoms with E-state index in [1.54, 1.807) is 0 Å². The molecule has 0 aromatic heterocycles. The highest BCUT2D eigenvalue weighted by molar-refractivity contribution is 6.82. The van der Waals surface area contributed by atoms with Gasteiger partial charge in [0, 0.05) is 14.1 Å². The van der Waals surface area contributed by atoms with Gasteiger partial charge in [-0.25, -0.2) is 0 Å². The summed E-state index contributed by atoms with van der Waals surface area (Å²) in [4.78, 5) is 11.8. The molecule has 0 spiro atoms.